The van der Waals surface area contributed by atoms with E-state index in [-0.39, 0.29) is 46.5 Å². The van der Waals surface area contributed by atoms with Crippen LogP contribution in [0.15, 0.2) is 109 Å². The third kappa shape index (κ3) is 12.9. The van der Waals surface area contributed by atoms with Crippen LogP contribution in [0.3, 0.4) is 0 Å². The predicted molar refractivity (Wildman–Crippen MR) is 210 cm³/mol. The smallest absolute Gasteiger partial charge is 1.00 e. The van der Waals surface area contributed by atoms with Gasteiger partial charge in [-0.25, -0.2) is 0 Å². The molecular formula is C47H56Cl2Ti-4. The van der Waals surface area contributed by atoms with E-state index in [4.69, 9.17) is 0 Å². The van der Waals surface area contributed by atoms with Crippen molar-refractivity contribution in [1.82, 2.24) is 0 Å². The van der Waals surface area contributed by atoms with E-state index < -0.39 is 0 Å². The summed E-state index contributed by atoms with van der Waals surface area (Å²) in [5.41, 5.74) is 11.1. The van der Waals surface area contributed by atoms with Crippen LogP contribution in [0.4, 0.5) is 0 Å². The maximum atomic E-state index is 3.38. The molecule has 0 aliphatic carbocycles. The molecule has 0 amide bonds. The maximum absolute atomic E-state index is 3.38. The van der Waals surface area contributed by atoms with Gasteiger partial charge in [0.05, 0.1) is 0 Å². The summed E-state index contributed by atoms with van der Waals surface area (Å²) in [6, 6.07) is 41.0. The number of hydrogen-bond acceptors (Lipinski definition) is 0. The minimum absolute atomic E-state index is 0. The molecule has 3 heteroatoms. The van der Waals surface area contributed by atoms with Crippen LogP contribution in [0.5, 0.6) is 0 Å². The van der Waals surface area contributed by atoms with E-state index in [1.807, 2.05) is 0 Å². The molecule has 0 heterocycles. The minimum atomic E-state index is 0. The zero-order valence-electron chi connectivity index (χ0n) is 31.2. The first-order chi connectivity index (χ1) is 22.8. The summed E-state index contributed by atoms with van der Waals surface area (Å²) in [4.78, 5) is 0. The SMILES string of the molecule is CCCc1ccc(-c2cccc3[cH-]c(CC(C)C)cc23)cc1.CCCc1ccc(-c2cccc3[cH-]c(CC(C)C)cc23)cc1.[CH2-]C[CH2-].[Cl-].[Cl-].[Ti+2]. The number of aryl methyl sites for hydroxylation is 2. The molecule has 0 radical (unpaired) electrons. The van der Waals surface area contributed by atoms with E-state index in [0.717, 1.165) is 19.3 Å². The van der Waals surface area contributed by atoms with Crippen LogP contribution < -0.4 is 24.8 Å². The Labute approximate surface area is 331 Å². The molecule has 50 heavy (non-hydrogen) atoms. The Kier molecular flexibility index (Phi) is 20.9. The first-order valence-corrected chi connectivity index (χ1v) is 17.9. The first kappa shape index (κ1) is 45.4. The summed E-state index contributed by atoms with van der Waals surface area (Å²) in [7, 11) is 0. The standard InChI is InChI=1S/2C22H25.C3H6.2ClH.Ti/c2*1-4-6-17-9-11-19(12-10-17)21-8-5-7-20-14-18(13-16(2)3)15-22(20)21;1-3-2;;;/h2*5,7-12,14-16H,4,6,13H2,1-3H3;1-3H2;2*1H;/q2*-1;-2;;;+2/p-2. The third-order valence-electron chi connectivity index (χ3n) is 8.52. The Morgan fingerprint density at radius 2 is 0.880 bits per heavy atom. The average molecular weight is 740 g/mol. The Morgan fingerprint density at radius 1 is 0.540 bits per heavy atom. The molecule has 6 rings (SSSR count). The van der Waals surface area contributed by atoms with Gasteiger partial charge in [-0.1, -0.05) is 126 Å². The van der Waals surface area contributed by atoms with E-state index >= 15 is 0 Å². The predicted octanol–water partition coefficient (Wildman–Crippen LogP) is 7.80. The molecule has 0 bridgehead atoms. The van der Waals surface area contributed by atoms with Gasteiger partial charge in [-0.3, -0.25) is 0 Å². The van der Waals surface area contributed by atoms with E-state index in [1.54, 1.807) is 0 Å². The van der Waals surface area contributed by atoms with Crippen molar-refractivity contribution in [2.45, 2.75) is 86.5 Å². The van der Waals surface area contributed by atoms with Crippen molar-refractivity contribution >= 4 is 21.5 Å². The zero-order chi connectivity index (χ0) is 33.8. The molecule has 0 aliphatic rings. The summed E-state index contributed by atoms with van der Waals surface area (Å²) in [5.74, 6) is 1.40. The number of benzene rings is 4. The van der Waals surface area contributed by atoms with Gasteiger partial charge in [0.2, 0.25) is 0 Å². The Morgan fingerprint density at radius 3 is 1.18 bits per heavy atom. The molecule has 0 aliphatic heterocycles. The molecule has 0 atom stereocenters. The molecule has 0 spiro atoms. The Hall–Kier alpha value is -2.61. The molecule has 0 N–H and O–H groups in total. The van der Waals surface area contributed by atoms with Crippen molar-refractivity contribution in [1.29, 1.82) is 0 Å². The normalized spacial score (nSPS) is 10.4. The topological polar surface area (TPSA) is 0 Å². The average Bonchev–Trinajstić information content (AvgIpc) is 3.65. The van der Waals surface area contributed by atoms with Crippen molar-refractivity contribution in [2.24, 2.45) is 11.8 Å². The molecule has 266 valence electrons. The molecule has 0 nitrogen and oxygen atoms in total. The minimum Gasteiger partial charge on any atom is -1.00 e. The van der Waals surface area contributed by atoms with E-state index in [2.05, 4.69) is 165 Å². The van der Waals surface area contributed by atoms with Gasteiger partial charge in [0.1, 0.15) is 0 Å². The van der Waals surface area contributed by atoms with Gasteiger partial charge in [0.15, 0.2) is 0 Å². The van der Waals surface area contributed by atoms with Crippen LogP contribution in [-0.4, -0.2) is 0 Å². The Balaban J connectivity index is 0.000000439. The molecule has 0 unspecified atom stereocenters. The summed E-state index contributed by atoms with van der Waals surface area (Å²) >= 11 is 0. The van der Waals surface area contributed by atoms with Crippen LogP contribution in [0, 0.1) is 25.7 Å². The van der Waals surface area contributed by atoms with Gasteiger partial charge < -0.3 is 45.1 Å². The van der Waals surface area contributed by atoms with Gasteiger partial charge in [-0.2, -0.15) is 12.1 Å². The van der Waals surface area contributed by atoms with E-state index in [1.165, 1.54) is 91.7 Å². The summed E-state index contributed by atoms with van der Waals surface area (Å²) < 4.78 is 0. The van der Waals surface area contributed by atoms with Crippen molar-refractivity contribution in [3.63, 3.8) is 0 Å². The fourth-order valence-electron chi connectivity index (χ4n) is 6.55. The van der Waals surface area contributed by atoms with Gasteiger partial charge in [0, 0.05) is 0 Å². The van der Waals surface area contributed by atoms with Gasteiger partial charge >= 0.3 is 21.7 Å². The van der Waals surface area contributed by atoms with Crippen LogP contribution in [0.2, 0.25) is 0 Å². The number of rotatable bonds is 10. The number of halogens is 2. The van der Waals surface area contributed by atoms with Gasteiger partial charge in [0.25, 0.3) is 0 Å². The second kappa shape index (κ2) is 23.1. The summed E-state index contributed by atoms with van der Waals surface area (Å²) in [6.45, 7) is 20.3. The van der Waals surface area contributed by atoms with E-state index in [0.29, 0.717) is 11.8 Å². The van der Waals surface area contributed by atoms with Crippen LogP contribution in [0.25, 0.3) is 43.8 Å². The second-order valence-electron chi connectivity index (χ2n) is 13.8. The maximum Gasteiger partial charge on any atom is 2.00 e. The zero-order valence-corrected chi connectivity index (χ0v) is 34.2. The molecular weight excluding hydrogens is 683 g/mol. The molecule has 0 fully saturated rings. The van der Waals surface area contributed by atoms with Crippen molar-refractivity contribution in [3.8, 4) is 22.3 Å². The quantitative estimate of drug-likeness (QED) is 0.0995. The third-order valence-corrected chi connectivity index (χ3v) is 8.52. The molecule has 0 saturated carbocycles. The summed E-state index contributed by atoms with van der Waals surface area (Å²) in [6.07, 6.45) is 7.80. The fraction of sp³-hybridized carbons (Fsp3) is 0.319. The molecule has 0 aromatic heterocycles. The van der Waals surface area contributed by atoms with Crippen molar-refractivity contribution in [2.75, 3.05) is 0 Å². The van der Waals surface area contributed by atoms with Crippen LogP contribution in [0.1, 0.15) is 83.1 Å². The number of fused-ring (bicyclic) bond motifs is 2. The van der Waals surface area contributed by atoms with Crippen LogP contribution >= 0.6 is 0 Å². The molecule has 0 saturated heterocycles. The summed E-state index contributed by atoms with van der Waals surface area (Å²) in [5, 5.41) is 5.51. The fourth-order valence-corrected chi connectivity index (χ4v) is 6.55. The van der Waals surface area contributed by atoms with Gasteiger partial charge in [-0.05, 0) is 59.8 Å². The van der Waals surface area contributed by atoms with Crippen LogP contribution in [-0.2, 0) is 47.4 Å². The molecule has 6 aromatic carbocycles. The monoisotopic (exact) mass is 738 g/mol. The largest absolute Gasteiger partial charge is 2.00 e. The Bertz CT molecular complexity index is 1650. The van der Waals surface area contributed by atoms with E-state index in [9.17, 15) is 0 Å². The number of hydrogen-bond donors (Lipinski definition) is 0. The second-order valence-corrected chi connectivity index (χ2v) is 13.8. The van der Waals surface area contributed by atoms with Gasteiger partial charge in [-0.15, -0.1) is 69.1 Å². The van der Waals surface area contributed by atoms with Crippen molar-refractivity contribution in [3.05, 3.63) is 145 Å². The molecule has 6 aromatic rings. The van der Waals surface area contributed by atoms with Crippen molar-refractivity contribution < 1.29 is 46.5 Å². The first-order valence-electron chi connectivity index (χ1n) is 17.9.